The summed E-state index contributed by atoms with van der Waals surface area (Å²) < 4.78 is 50.7. The maximum atomic E-state index is 12.9. The molecule has 2 aromatic rings. The molecule has 0 saturated carbocycles. The molecule has 1 fully saturated rings. The Balaban J connectivity index is 1.55. The highest BCUT2D eigenvalue weighted by atomic mass is 19.4. The number of amides is 1. The molecule has 0 atom stereocenters. The topological polar surface area (TPSA) is 37.7 Å². The Morgan fingerprint density at radius 1 is 1.00 bits per heavy atom. The van der Waals surface area contributed by atoms with E-state index in [2.05, 4.69) is 4.98 Å². The Morgan fingerprint density at radius 3 is 2.22 bits per heavy atom. The SMILES string of the molecule is O=C(/C=C/c1ccc(F)cc1)N1CCN(c2ccc(C(F)(F)F)c[nH+]2)CC1. The van der Waals surface area contributed by atoms with E-state index >= 15 is 0 Å². The highest BCUT2D eigenvalue weighted by Gasteiger charge is 2.32. The van der Waals surface area contributed by atoms with Crippen LogP contribution >= 0.6 is 0 Å². The number of anilines is 1. The fraction of sp³-hybridized carbons (Fsp3) is 0.263. The highest BCUT2D eigenvalue weighted by molar-refractivity contribution is 5.91. The predicted octanol–water partition coefficient (Wildman–Crippen LogP) is 3.02. The summed E-state index contributed by atoms with van der Waals surface area (Å²) >= 11 is 0. The third kappa shape index (κ3) is 4.84. The van der Waals surface area contributed by atoms with Crippen LogP contribution in [0.3, 0.4) is 0 Å². The van der Waals surface area contributed by atoms with Gasteiger partial charge in [0.15, 0.2) is 0 Å². The van der Waals surface area contributed by atoms with Gasteiger partial charge < -0.3 is 4.90 Å². The number of H-pyrrole nitrogens is 1. The van der Waals surface area contributed by atoms with Crippen LogP contribution in [0, 0.1) is 5.82 Å². The number of carbonyl (C=O) groups is 1. The number of rotatable bonds is 3. The van der Waals surface area contributed by atoms with Crippen LogP contribution in [0.4, 0.5) is 23.4 Å². The molecule has 0 radical (unpaired) electrons. The maximum Gasteiger partial charge on any atom is 0.419 e. The van der Waals surface area contributed by atoms with Crippen LogP contribution in [0.15, 0.2) is 48.7 Å². The molecule has 27 heavy (non-hydrogen) atoms. The number of alkyl halides is 3. The molecule has 1 amide bonds. The number of aromatic amines is 1. The van der Waals surface area contributed by atoms with E-state index in [-0.39, 0.29) is 11.7 Å². The highest BCUT2D eigenvalue weighted by Crippen LogP contribution is 2.28. The summed E-state index contributed by atoms with van der Waals surface area (Å²) in [5, 5.41) is 0. The number of nitrogens with one attached hydrogen (secondary N) is 1. The zero-order valence-electron chi connectivity index (χ0n) is 14.3. The first-order chi connectivity index (χ1) is 12.8. The summed E-state index contributed by atoms with van der Waals surface area (Å²) in [6.07, 6.45) is -0.375. The lowest BCUT2D eigenvalue weighted by molar-refractivity contribution is -0.367. The van der Waals surface area contributed by atoms with Gasteiger partial charge in [0.2, 0.25) is 5.91 Å². The van der Waals surface area contributed by atoms with Crippen LogP contribution in [0.5, 0.6) is 0 Å². The van der Waals surface area contributed by atoms with Gasteiger partial charge in [0.05, 0.1) is 18.7 Å². The molecule has 0 bridgehead atoms. The molecule has 1 aromatic carbocycles. The molecule has 3 rings (SSSR count). The smallest absolute Gasteiger partial charge is 0.331 e. The average Bonchev–Trinajstić information content (AvgIpc) is 2.67. The number of aromatic nitrogens is 1. The van der Waals surface area contributed by atoms with Gasteiger partial charge in [0.1, 0.15) is 25.1 Å². The summed E-state index contributed by atoms with van der Waals surface area (Å²) in [6, 6.07) is 8.24. The first-order valence-corrected chi connectivity index (χ1v) is 8.39. The van der Waals surface area contributed by atoms with E-state index < -0.39 is 11.7 Å². The van der Waals surface area contributed by atoms with Crippen molar-refractivity contribution in [3.05, 3.63) is 65.6 Å². The fourth-order valence-electron chi connectivity index (χ4n) is 2.80. The minimum absolute atomic E-state index is 0.157. The van der Waals surface area contributed by atoms with Crippen LogP contribution in [0.25, 0.3) is 6.08 Å². The number of piperazine rings is 1. The molecule has 1 aliphatic heterocycles. The Kier molecular flexibility index (Phi) is 5.43. The van der Waals surface area contributed by atoms with Gasteiger partial charge in [0.25, 0.3) is 5.82 Å². The Labute approximate surface area is 153 Å². The van der Waals surface area contributed by atoms with Crippen LogP contribution in [-0.2, 0) is 11.0 Å². The molecule has 1 aromatic heterocycles. The minimum atomic E-state index is -4.38. The zero-order valence-corrected chi connectivity index (χ0v) is 14.3. The quantitative estimate of drug-likeness (QED) is 0.607. The molecule has 0 spiro atoms. The first kappa shape index (κ1) is 18.9. The molecule has 8 heteroatoms. The summed E-state index contributed by atoms with van der Waals surface area (Å²) in [5.41, 5.74) is -0.00580. The number of hydrogen-bond acceptors (Lipinski definition) is 2. The molecular weight excluding hydrogens is 362 g/mol. The molecule has 1 N–H and O–H groups in total. The van der Waals surface area contributed by atoms with Crippen molar-refractivity contribution in [3.63, 3.8) is 0 Å². The van der Waals surface area contributed by atoms with Crippen molar-refractivity contribution in [2.24, 2.45) is 0 Å². The number of hydrogen-bond donors (Lipinski definition) is 0. The van der Waals surface area contributed by atoms with E-state index in [0.29, 0.717) is 32.0 Å². The summed E-state index contributed by atoms with van der Waals surface area (Å²) in [5.74, 6) is 0.0852. The van der Waals surface area contributed by atoms with Crippen molar-refractivity contribution >= 4 is 17.8 Å². The number of nitrogens with zero attached hydrogens (tertiary/aromatic N) is 2. The Morgan fingerprint density at radius 2 is 1.67 bits per heavy atom. The van der Waals surface area contributed by atoms with E-state index in [1.165, 1.54) is 24.3 Å². The van der Waals surface area contributed by atoms with Crippen LogP contribution < -0.4 is 9.88 Å². The number of halogens is 4. The van der Waals surface area contributed by atoms with E-state index in [4.69, 9.17) is 0 Å². The van der Waals surface area contributed by atoms with Crippen molar-refractivity contribution < 1.29 is 27.3 Å². The van der Waals surface area contributed by atoms with Gasteiger partial charge in [-0.2, -0.15) is 13.2 Å². The molecule has 0 unspecified atom stereocenters. The van der Waals surface area contributed by atoms with Crippen molar-refractivity contribution in [1.29, 1.82) is 0 Å². The predicted molar refractivity (Wildman–Crippen MR) is 92.2 cm³/mol. The summed E-state index contributed by atoms with van der Waals surface area (Å²) in [6.45, 7) is 1.94. The van der Waals surface area contributed by atoms with Crippen LogP contribution in [0.1, 0.15) is 11.1 Å². The summed E-state index contributed by atoms with van der Waals surface area (Å²) in [7, 11) is 0. The maximum absolute atomic E-state index is 12.9. The number of carbonyl (C=O) groups excluding carboxylic acids is 1. The summed E-state index contributed by atoms with van der Waals surface area (Å²) in [4.78, 5) is 18.5. The van der Waals surface area contributed by atoms with Gasteiger partial charge >= 0.3 is 6.18 Å². The first-order valence-electron chi connectivity index (χ1n) is 8.39. The van der Waals surface area contributed by atoms with Crippen LogP contribution in [0.2, 0.25) is 0 Å². The number of pyridine rings is 1. The second kappa shape index (κ2) is 7.77. The molecule has 2 heterocycles. The number of benzene rings is 1. The van der Waals surface area contributed by atoms with E-state index in [1.54, 1.807) is 23.1 Å². The average molecular weight is 380 g/mol. The lowest BCUT2D eigenvalue weighted by atomic mass is 10.2. The molecule has 142 valence electrons. The molecule has 1 saturated heterocycles. The Bertz CT molecular complexity index is 808. The third-order valence-corrected chi connectivity index (χ3v) is 4.34. The van der Waals surface area contributed by atoms with Gasteiger partial charge in [0, 0.05) is 12.1 Å². The minimum Gasteiger partial charge on any atom is -0.331 e. The van der Waals surface area contributed by atoms with Crippen molar-refractivity contribution in [1.82, 2.24) is 4.90 Å². The van der Waals surface area contributed by atoms with Gasteiger partial charge in [-0.1, -0.05) is 12.1 Å². The van der Waals surface area contributed by atoms with E-state index in [0.717, 1.165) is 17.8 Å². The third-order valence-electron chi connectivity index (χ3n) is 4.34. The monoisotopic (exact) mass is 380 g/mol. The lowest BCUT2D eigenvalue weighted by Gasteiger charge is -2.30. The molecule has 4 nitrogen and oxygen atoms in total. The van der Waals surface area contributed by atoms with Gasteiger partial charge in [-0.3, -0.25) is 9.69 Å². The van der Waals surface area contributed by atoms with Gasteiger partial charge in [-0.25, -0.2) is 9.37 Å². The van der Waals surface area contributed by atoms with Gasteiger partial charge in [-0.15, -0.1) is 0 Å². The second-order valence-electron chi connectivity index (χ2n) is 6.16. The van der Waals surface area contributed by atoms with Crippen molar-refractivity contribution in [2.75, 3.05) is 31.1 Å². The normalized spacial score (nSPS) is 15.4. The standard InChI is InChI=1S/C19H17F4N3O/c20-16-5-1-14(2-6-16)3-8-18(27)26-11-9-25(10-12-26)17-7-4-15(13-24-17)19(21,22)23/h1-8,13H,9-12H2/p+1/b8-3+. The van der Waals surface area contributed by atoms with Gasteiger partial charge in [-0.05, 0) is 29.8 Å². The fourth-order valence-corrected chi connectivity index (χ4v) is 2.80. The zero-order chi connectivity index (χ0) is 19.4. The largest absolute Gasteiger partial charge is 0.419 e. The van der Waals surface area contributed by atoms with E-state index in [9.17, 15) is 22.4 Å². The second-order valence-corrected chi connectivity index (χ2v) is 6.16. The molecule has 1 aliphatic rings. The Hall–Kier alpha value is -2.90. The lowest BCUT2D eigenvalue weighted by Crippen LogP contribution is -2.49. The molecular formula is C19H18F4N3O+. The van der Waals surface area contributed by atoms with Crippen molar-refractivity contribution in [3.8, 4) is 0 Å². The van der Waals surface area contributed by atoms with Crippen LogP contribution in [-0.4, -0.2) is 37.0 Å². The van der Waals surface area contributed by atoms with E-state index in [1.807, 2.05) is 4.90 Å². The van der Waals surface area contributed by atoms with Crippen molar-refractivity contribution in [2.45, 2.75) is 6.18 Å². The molecule has 0 aliphatic carbocycles.